The minimum atomic E-state index is -0.125. The fourth-order valence-corrected chi connectivity index (χ4v) is 1.91. The molecule has 0 saturated heterocycles. The number of rotatable bonds is 12. The van der Waals surface area contributed by atoms with Crippen LogP contribution in [0.1, 0.15) is 90.9 Å². The van der Waals surface area contributed by atoms with E-state index in [2.05, 4.69) is 13.8 Å². The third-order valence-electron chi connectivity index (χ3n) is 3.06. The highest BCUT2D eigenvalue weighted by Crippen LogP contribution is 2.11. The van der Waals surface area contributed by atoms with Crippen molar-refractivity contribution in [3.63, 3.8) is 0 Å². The fraction of sp³-hybridized carbons (Fsp3) is 1.00. The van der Waals surface area contributed by atoms with E-state index in [1.165, 1.54) is 77.0 Å². The average molecular weight is 260 g/mol. The molecule has 0 aromatic carbocycles. The van der Waals surface area contributed by atoms with Crippen LogP contribution in [0.25, 0.3) is 0 Å². The number of hydrogen-bond donors (Lipinski definition) is 2. The Bertz CT molecular complexity index is 102. The Balaban J connectivity index is 0. The van der Waals surface area contributed by atoms with E-state index in [1.807, 2.05) is 0 Å². The van der Waals surface area contributed by atoms with Crippen LogP contribution in [0, 0.1) is 0 Å². The van der Waals surface area contributed by atoms with E-state index in [0.717, 1.165) is 0 Å². The molecule has 0 aromatic rings. The van der Waals surface area contributed by atoms with Crippen LogP contribution in [0.15, 0.2) is 0 Å². The third kappa shape index (κ3) is 24.9. The lowest BCUT2D eigenvalue weighted by molar-refractivity contribution is 0.186. The van der Waals surface area contributed by atoms with Crippen molar-refractivity contribution < 1.29 is 10.2 Å². The number of hydrogen-bond acceptors (Lipinski definition) is 2. The van der Waals surface area contributed by atoms with Gasteiger partial charge in [-0.1, -0.05) is 90.9 Å². The predicted molar refractivity (Wildman–Crippen MR) is 80.9 cm³/mol. The molecule has 0 aliphatic heterocycles. The second-order valence-corrected chi connectivity index (χ2v) is 4.98. The van der Waals surface area contributed by atoms with Crippen molar-refractivity contribution in [1.29, 1.82) is 0 Å². The largest absolute Gasteiger partial charge is 0.394 e. The summed E-state index contributed by atoms with van der Waals surface area (Å²) in [6.45, 7) is 4.32. The Morgan fingerprint density at radius 3 is 0.833 bits per heavy atom. The van der Waals surface area contributed by atoms with Gasteiger partial charge in [0.1, 0.15) is 0 Å². The van der Waals surface area contributed by atoms with Crippen LogP contribution in [0.2, 0.25) is 0 Å². The molecular formula is C16H36O2. The van der Waals surface area contributed by atoms with E-state index < -0.39 is 0 Å². The zero-order chi connectivity index (χ0) is 13.9. The van der Waals surface area contributed by atoms with Gasteiger partial charge in [-0.25, -0.2) is 0 Å². The molecule has 0 aliphatic rings. The van der Waals surface area contributed by atoms with Gasteiger partial charge in [-0.15, -0.1) is 0 Å². The van der Waals surface area contributed by atoms with Crippen LogP contribution in [-0.4, -0.2) is 23.4 Å². The summed E-state index contributed by atoms with van der Waals surface area (Å²) in [6.07, 6.45) is 17.4. The molecular weight excluding hydrogens is 224 g/mol. The van der Waals surface area contributed by atoms with Gasteiger partial charge in [0.05, 0.1) is 13.2 Å². The van der Waals surface area contributed by atoms with Crippen LogP contribution < -0.4 is 0 Å². The first-order valence-corrected chi connectivity index (χ1v) is 8.05. The highest BCUT2D eigenvalue weighted by Gasteiger charge is 1.91. The Labute approximate surface area is 115 Å². The van der Waals surface area contributed by atoms with E-state index in [4.69, 9.17) is 10.2 Å². The molecule has 2 heteroatoms. The lowest BCUT2D eigenvalue weighted by Gasteiger charge is -2.01. The van der Waals surface area contributed by atoms with Crippen molar-refractivity contribution in [1.82, 2.24) is 0 Å². The van der Waals surface area contributed by atoms with Crippen LogP contribution in [-0.2, 0) is 0 Å². The second kappa shape index (κ2) is 22.1. The first kappa shape index (κ1) is 20.2. The van der Waals surface area contributed by atoms with Gasteiger partial charge in [0.15, 0.2) is 0 Å². The topological polar surface area (TPSA) is 40.5 Å². The minimum absolute atomic E-state index is 0.125. The molecule has 0 aliphatic carbocycles. The molecule has 0 amide bonds. The van der Waals surface area contributed by atoms with Crippen molar-refractivity contribution in [2.45, 2.75) is 90.9 Å². The van der Waals surface area contributed by atoms with E-state index in [9.17, 15) is 0 Å². The number of aliphatic hydroxyl groups excluding tert-OH is 2. The summed E-state index contributed by atoms with van der Waals surface area (Å²) in [6, 6.07) is 0. The maximum absolute atomic E-state index is 7.62. The quantitative estimate of drug-likeness (QED) is 0.500. The van der Waals surface area contributed by atoms with Crippen molar-refractivity contribution >= 4 is 0 Å². The molecule has 0 spiro atoms. The molecule has 112 valence electrons. The molecule has 0 rings (SSSR count). The van der Waals surface area contributed by atoms with Crippen molar-refractivity contribution in [2.24, 2.45) is 0 Å². The second-order valence-electron chi connectivity index (χ2n) is 4.98. The standard InChI is InChI=1S/C14H30.C2H6O2/c1-3-5-7-9-11-13-14-12-10-8-6-4-2;3-1-2-4/h3-14H2,1-2H3;3-4H,1-2H2. The maximum Gasteiger partial charge on any atom is 0.0662 e. The van der Waals surface area contributed by atoms with Crippen molar-refractivity contribution in [3.8, 4) is 0 Å². The lowest BCUT2D eigenvalue weighted by atomic mass is 10.1. The molecule has 0 saturated carbocycles. The van der Waals surface area contributed by atoms with E-state index in [0.29, 0.717) is 0 Å². The number of aliphatic hydroxyl groups is 2. The predicted octanol–water partition coefficient (Wildman–Crippen LogP) is 4.68. The molecule has 18 heavy (non-hydrogen) atoms. The van der Waals surface area contributed by atoms with Gasteiger partial charge in [0.2, 0.25) is 0 Å². The fourth-order valence-electron chi connectivity index (χ4n) is 1.91. The van der Waals surface area contributed by atoms with Crippen LogP contribution >= 0.6 is 0 Å². The SMILES string of the molecule is CCCCCCCCCCCCCC.OCCO. The van der Waals surface area contributed by atoms with Gasteiger partial charge >= 0.3 is 0 Å². The summed E-state index contributed by atoms with van der Waals surface area (Å²) in [7, 11) is 0. The van der Waals surface area contributed by atoms with E-state index in [1.54, 1.807) is 0 Å². The zero-order valence-corrected chi connectivity index (χ0v) is 12.8. The first-order valence-electron chi connectivity index (χ1n) is 8.05. The van der Waals surface area contributed by atoms with Gasteiger partial charge in [0, 0.05) is 0 Å². The smallest absolute Gasteiger partial charge is 0.0662 e. The minimum Gasteiger partial charge on any atom is -0.394 e. The highest BCUT2D eigenvalue weighted by atomic mass is 16.3. The third-order valence-corrected chi connectivity index (χ3v) is 3.06. The van der Waals surface area contributed by atoms with Crippen LogP contribution in [0.5, 0.6) is 0 Å². The summed E-state index contributed by atoms with van der Waals surface area (Å²) < 4.78 is 0. The Morgan fingerprint density at radius 2 is 0.667 bits per heavy atom. The molecule has 0 heterocycles. The normalized spacial score (nSPS) is 10.0. The molecule has 0 atom stereocenters. The van der Waals surface area contributed by atoms with Crippen molar-refractivity contribution in [3.05, 3.63) is 0 Å². The summed E-state index contributed by atoms with van der Waals surface area (Å²) in [5.41, 5.74) is 0. The lowest BCUT2D eigenvalue weighted by Crippen LogP contribution is -1.85. The monoisotopic (exact) mass is 260 g/mol. The Hall–Kier alpha value is -0.0800. The highest BCUT2D eigenvalue weighted by molar-refractivity contribution is 4.47. The van der Waals surface area contributed by atoms with Gasteiger partial charge in [-0.3, -0.25) is 0 Å². The van der Waals surface area contributed by atoms with Gasteiger partial charge in [-0.05, 0) is 0 Å². The molecule has 0 aromatic heterocycles. The first-order chi connectivity index (χ1) is 8.83. The van der Waals surface area contributed by atoms with Crippen LogP contribution in [0.3, 0.4) is 0 Å². The molecule has 0 fully saturated rings. The zero-order valence-electron chi connectivity index (χ0n) is 12.8. The molecule has 2 nitrogen and oxygen atoms in total. The van der Waals surface area contributed by atoms with Gasteiger partial charge in [0.25, 0.3) is 0 Å². The Morgan fingerprint density at radius 1 is 0.444 bits per heavy atom. The van der Waals surface area contributed by atoms with E-state index >= 15 is 0 Å². The summed E-state index contributed by atoms with van der Waals surface area (Å²) in [4.78, 5) is 0. The summed E-state index contributed by atoms with van der Waals surface area (Å²) in [5.74, 6) is 0. The molecule has 2 N–H and O–H groups in total. The molecule has 0 radical (unpaired) electrons. The molecule has 0 bridgehead atoms. The van der Waals surface area contributed by atoms with Gasteiger partial charge < -0.3 is 10.2 Å². The molecule has 0 unspecified atom stereocenters. The summed E-state index contributed by atoms with van der Waals surface area (Å²) >= 11 is 0. The average Bonchev–Trinajstić information content (AvgIpc) is 2.41. The Kier molecular flexibility index (Phi) is 24.9. The van der Waals surface area contributed by atoms with Gasteiger partial charge in [-0.2, -0.15) is 0 Å². The van der Waals surface area contributed by atoms with E-state index in [-0.39, 0.29) is 13.2 Å². The van der Waals surface area contributed by atoms with Crippen molar-refractivity contribution in [2.75, 3.05) is 13.2 Å². The maximum atomic E-state index is 7.62. The number of unbranched alkanes of at least 4 members (excludes halogenated alkanes) is 11. The summed E-state index contributed by atoms with van der Waals surface area (Å²) in [5, 5.41) is 15.2. The van der Waals surface area contributed by atoms with Crippen LogP contribution in [0.4, 0.5) is 0 Å².